The van der Waals surface area contributed by atoms with Crippen LogP contribution in [-0.2, 0) is 4.79 Å². The first-order valence-electron chi connectivity index (χ1n) is 5.69. The lowest BCUT2D eigenvalue weighted by molar-refractivity contribution is -0.141. The van der Waals surface area contributed by atoms with Crippen LogP contribution in [0.3, 0.4) is 0 Å². The highest BCUT2D eigenvalue weighted by Gasteiger charge is 2.24. The second-order valence-electron chi connectivity index (χ2n) is 4.75. The first-order chi connectivity index (χ1) is 7.00. The molecule has 0 spiro atoms. The van der Waals surface area contributed by atoms with Crippen molar-refractivity contribution < 1.29 is 9.90 Å². The average Bonchev–Trinajstić information content (AvgIpc) is 2.18. The molecule has 0 bridgehead atoms. The van der Waals surface area contributed by atoms with Crippen LogP contribution in [0, 0.1) is 5.92 Å². The van der Waals surface area contributed by atoms with Crippen molar-refractivity contribution >= 4 is 5.97 Å². The Balaban J connectivity index is 2.33. The predicted octanol–water partition coefficient (Wildman–Crippen LogP) is 0.909. The number of hydrogen-bond acceptors (Lipinski definition) is 3. The van der Waals surface area contributed by atoms with Gasteiger partial charge in [0.15, 0.2) is 0 Å². The molecular weight excluding hydrogens is 192 g/mol. The maximum atomic E-state index is 10.7. The van der Waals surface area contributed by atoms with E-state index in [0.29, 0.717) is 18.6 Å². The van der Waals surface area contributed by atoms with Gasteiger partial charge in [-0.1, -0.05) is 6.92 Å². The van der Waals surface area contributed by atoms with Crippen LogP contribution in [0.25, 0.3) is 0 Å². The van der Waals surface area contributed by atoms with Crippen molar-refractivity contribution in [3.05, 3.63) is 0 Å². The van der Waals surface area contributed by atoms with E-state index in [-0.39, 0.29) is 5.92 Å². The number of carbonyl (C=O) groups is 1. The van der Waals surface area contributed by atoms with Crippen LogP contribution in [-0.4, -0.2) is 41.7 Å². The van der Waals surface area contributed by atoms with Gasteiger partial charge in [0.1, 0.15) is 0 Å². The molecule has 0 aromatic rings. The van der Waals surface area contributed by atoms with Crippen molar-refractivity contribution in [1.29, 1.82) is 0 Å². The minimum atomic E-state index is -0.714. The summed E-state index contributed by atoms with van der Waals surface area (Å²) >= 11 is 0. The van der Waals surface area contributed by atoms with E-state index in [1.165, 1.54) is 0 Å². The van der Waals surface area contributed by atoms with Gasteiger partial charge in [-0.3, -0.25) is 4.79 Å². The molecule has 88 valence electrons. The van der Waals surface area contributed by atoms with Crippen LogP contribution in [0.4, 0.5) is 0 Å². The monoisotopic (exact) mass is 214 g/mol. The van der Waals surface area contributed by atoms with E-state index in [1.807, 2.05) is 7.05 Å². The lowest BCUT2D eigenvalue weighted by Crippen LogP contribution is -2.41. The van der Waals surface area contributed by atoms with Gasteiger partial charge in [0.25, 0.3) is 0 Å². The Bertz CT molecular complexity index is 213. The third-order valence-corrected chi connectivity index (χ3v) is 3.35. The summed E-state index contributed by atoms with van der Waals surface area (Å²) in [6.45, 7) is 2.39. The fourth-order valence-electron chi connectivity index (χ4n) is 2.20. The molecule has 0 aliphatic heterocycles. The Kier molecular flexibility index (Phi) is 4.54. The maximum Gasteiger partial charge on any atom is 0.307 e. The second kappa shape index (κ2) is 5.47. The van der Waals surface area contributed by atoms with Crippen molar-refractivity contribution in [3.63, 3.8) is 0 Å². The van der Waals surface area contributed by atoms with Gasteiger partial charge >= 0.3 is 5.97 Å². The SMILES string of the molecule is CC(CN(C)C1CCC(N)CC1)C(=O)O. The summed E-state index contributed by atoms with van der Waals surface area (Å²) in [4.78, 5) is 12.9. The quantitative estimate of drug-likeness (QED) is 0.730. The third-order valence-electron chi connectivity index (χ3n) is 3.35. The fourth-order valence-corrected chi connectivity index (χ4v) is 2.20. The molecule has 1 fully saturated rings. The smallest absolute Gasteiger partial charge is 0.307 e. The van der Waals surface area contributed by atoms with Gasteiger partial charge in [-0.25, -0.2) is 0 Å². The maximum absolute atomic E-state index is 10.7. The number of aliphatic carboxylic acids is 1. The van der Waals surface area contributed by atoms with Crippen LogP contribution in [0.1, 0.15) is 32.6 Å². The molecule has 15 heavy (non-hydrogen) atoms. The lowest BCUT2D eigenvalue weighted by atomic mass is 9.90. The van der Waals surface area contributed by atoms with Gasteiger partial charge < -0.3 is 15.7 Å². The number of nitrogens with two attached hydrogens (primary N) is 1. The van der Waals surface area contributed by atoms with E-state index >= 15 is 0 Å². The van der Waals surface area contributed by atoms with E-state index in [1.54, 1.807) is 6.92 Å². The fraction of sp³-hybridized carbons (Fsp3) is 0.909. The number of nitrogens with zero attached hydrogens (tertiary/aromatic N) is 1. The molecule has 4 heteroatoms. The summed E-state index contributed by atoms with van der Waals surface area (Å²) in [6, 6.07) is 0.873. The molecule has 4 nitrogen and oxygen atoms in total. The summed E-state index contributed by atoms with van der Waals surface area (Å²) in [5.41, 5.74) is 5.83. The van der Waals surface area contributed by atoms with Crippen LogP contribution in [0.2, 0.25) is 0 Å². The van der Waals surface area contributed by atoms with E-state index in [9.17, 15) is 4.79 Å². The highest BCUT2D eigenvalue weighted by atomic mass is 16.4. The van der Waals surface area contributed by atoms with Crippen molar-refractivity contribution in [2.75, 3.05) is 13.6 Å². The third kappa shape index (κ3) is 3.80. The first-order valence-corrected chi connectivity index (χ1v) is 5.69. The van der Waals surface area contributed by atoms with Gasteiger partial charge in [-0.15, -0.1) is 0 Å². The normalized spacial score (nSPS) is 29.1. The van der Waals surface area contributed by atoms with Crippen molar-refractivity contribution in [2.24, 2.45) is 11.7 Å². The van der Waals surface area contributed by atoms with Crippen molar-refractivity contribution in [2.45, 2.75) is 44.7 Å². The summed E-state index contributed by atoms with van der Waals surface area (Å²) in [5, 5.41) is 8.82. The van der Waals surface area contributed by atoms with Gasteiger partial charge in [0, 0.05) is 18.6 Å². The highest BCUT2D eigenvalue weighted by molar-refractivity contribution is 5.69. The molecule has 0 saturated heterocycles. The molecule has 0 radical (unpaired) electrons. The minimum absolute atomic E-state index is 0.286. The topological polar surface area (TPSA) is 66.6 Å². The van der Waals surface area contributed by atoms with Gasteiger partial charge in [0.2, 0.25) is 0 Å². The Morgan fingerprint density at radius 2 is 2.00 bits per heavy atom. The zero-order chi connectivity index (χ0) is 11.4. The predicted molar refractivity (Wildman–Crippen MR) is 59.7 cm³/mol. The molecule has 1 aliphatic rings. The minimum Gasteiger partial charge on any atom is -0.481 e. The number of carboxylic acid groups (broad SMARTS) is 1. The molecule has 3 N–H and O–H groups in total. The molecule has 1 atom stereocenters. The molecule has 1 rings (SSSR count). The van der Waals surface area contributed by atoms with Gasteiger partial charge in [0.05, 0.1) is 5.92 Å². The summed E-state index contributed by atoms with van der Waals surface area (Å²) < 4.78 is 0. The Morgan fingerprint density at radius 3 is 2.47 bits per heavy atom. The Labute approximate surface area is 91.4 Å². The average molecular weight is 214 g/mol. The van der Waals surface area contributed by atoms with Crippen LogP contribution in [0.15, 0.2) is 0 Å². The molecule has 1 saturated carbocycles. The number of hydrogen-bond donors (Lipinski definition) is 2. The lowest BCUT2D eigenvalue weighted by Gasteiger charge is -2.34. The van der Waals surface area contributed by atoms with Gasteiger partial charge in [-0.2, -0.15) is 0 Å². The molecule has 0 aromatic carbocycles. The van der Waals surface area contributed by atoms with E-state index < -0.39 is 5.97 Å². The second-order valence-corrected chi connectivity index (χ2v) is 4.75. The van der Waals surface area contributed by atoms with E-state index in [4.69, 9.17) is 10.8 Å². The Morgan fingerprint density at radius 1 is 1.47 bits per heavy atom. The van der Waals surface area contributed by atoms with Crippen LogP contribution >= 0.6 is 0 Å². The summed E-state index contributed by atoms with van der Waals surface area (Å²) in [7, 11) is 2.01. The van der Waals surface area contributed by atoms with E-state index in [0.717, 1.165) is 25.7 Å². The summed E-state index contributed by atoms with van der Waals surface area (Å²) in [6.07, 6.45) is 4.33. The first kappa shape index (κ1) is 12.5. The molecule has 0 amide bonds. The van der Waals surface area contributed by atoms with Crippen LogP contribution < -0.4 is 5.73 Å². The summed E-state index contributed by atoms with van der Waals surface area (Å²) in [5.74, 6) is -1.00. The standard InChI is InChI=1S/C11H22N2O2/c1-8(11(14)15)7-13(2)10-5-3-9(12)4-6-10/h8-10H,3-7,12H2,1-2H3,(H,14,15). The molecular formula is C11H22N2O2. The van der Waals surface area contributed by atoms with Crippen molar-refractivity contribution in [3.8, 4) is 0 Å². The molecule has 1 aliphatic carbocycles. The Hall–Kier alpha value is -0.610. The zero-order valence-electron chi connectivity index (χ0n) is 9.65. The van der Waals surface area contributed by atoms with Crippen molar-refractivity contribution in [1.82, 2.24) is 4.90 Å². The molecule has 0 aromatic heterocycles. The molecule has 1 unspecified atom stereocenters. The van der Waals surface area contributed by atoms with Gasteiger partial charge in [-0.05, 0) is 32.7 Å². The number of rotatable bonds is 4. The number of carboxylic acids is 1. The highest BCUT2D eigenvalue weighted by Crippen LogP contribution is 2.21. The van der Waals surface area contributed by atoms with Crippen LogP contribution in [0.5, 0.6) is 0 Å². The zero-order valence-corrected chi connectivity index (χ0v) is 9.65. The van der Waals surface area contributed by atoms with E-state index in [2.05, 4.69) is 4.90 Å². The largest absolute Gasteiger partial charge is 0.481 e. The molecule has 0 heterocycles.